The first-order valence-corrected chi connectivity index (χ1v) is 7.53. The van der Waals surface area contributed by atoms with Crippen LogP contribution in [-0.2, 0) is 11.3 Å². The number of hydrogen-bond donors (Lipinski definition) is 1. The van der Waals surface area contributed by atoms with Gasteiger partial charge in [0, 0.05) is 12.5 Å². The number of nitrogens with one attached hydrogen (secondary N) is 1. The molecular weight excluding hydrogens is 234 g/mol. The van der Waals surface area contributed by atoms with E-state index in [9.17, 15) is 4.79 Å². The molecule has 1 fully saturated rings. The second-order valence-corrected chi connectivity index (χ2v) is 5.95. The lowest BCUT2D eigenvalue weighted by molar-refractivity contribution is -0.126. The number of carbonyl (C=O) groups is 1. The van der Waals surface area contributed by atoms with E-state index in [2.05, 4.69) is 43.4 Å². The predicted molar refractivity (Wildman–Crippen MR) is 79.0 cm³/mol. The maximum atomic E-state index is 12.0. The van der Waals surface area contributed by atoms with Crippen LogP contribution in [0.1, 0.15) is 63.0 Å². The quantitative estimate of drug-likeness (QED) is 0.869. The van der Waals surface area contributed by atoms with Crippen molar-refractivity contribution in [2.75, 3.05) is 0 Å². The third-order valence-electron chi connectivity index (χ3n) is 4.09. The maximum Gasteiger partial charge on any atom is 0.223 e. The smallest absolute Gasteiger partial charge is 0.223 e. The molecule has 1 aliphatic carbocycles. The minimum absolute atomic E-state index is 0.243. The van der Waals surface area contributed by atoms with E-state index in [4.69, 9.17) is 0 Å². The van der Waals surface area contributed by atoms with Crippen molar-refractivity contribution in [3.63, 3.8) is 0 Å². The summed E-state index contributed by atoms with van der Waals surface area (Å²) in [4.78, 5) is 12.0. The summed E-state index contributed by atoms with van der Waals surface area (Å²) in [5.74, 6) is 1.06. The lowest BCUT2D eigenvalue weighted by Crippen LogP contribution is -2.31. The summed E-state index contributed by atoms with van der Waals surface area (Å²) in [6, 6.07) is 8.56. The molecule has 19 heavy (non-hydrogen) atoms. The molecule has 0 saturated heterocycles. The first-order valence-electron chi connectivity index (χ1n) is 7.53. The molecule has 0 atom stereocenters. The number of benzene rings is 1. The SMILES string of the molecule is CC(C)c1ccc(CNC(=O)C2CCCCC2)cc1. The van der Waals surface area contributed by atoms with Crippen LogP contribution >= 0.6 is 0 Å². The zero-order valence-corrected chi connectivity index (χ0v) is 12.1. The fraction of sp³-hybridized carbons (Fsp3) is 0.588. The van der Waals surface area contributed by atoms with Gasteiger partial charge in [0.15, 0.2) is 0 Å². The van der Waals surface area contributed by atoms with Crippen molar-refractivity contribution in [3.05, 3.63) is 35.4 Å². The summed E-state index contributed by atoms with van der Waals surface area (Å²) in [5.41, 5.74) is 2.54. The molecule has 0 bridgehead atoms. The molecule has 0 radical (unpaired) electrons. The average Bonchev–Trinajstić information content (AvgIpc) is 2.46. The van der Waals surface area contributed by atoms with E-state index < -0.39 is 0 Å². The fourth-order valence-electron chi connectivity index (χ4n) is 2.72. The topological polar surface area (TPSA) is 29.1 Å². The third kappa shape index (κ3) is 4.09. The van der Waals surface area contributed by atoms with E-state index in [0.717, 1.165) is 12.8 Å². The Kier molecular flexibility index (Phi) is 5.00. The van der Waals surface area contributed by atoms with E-state index >= 15 is 0 Å². The molecule has 0 aliphatic heterocycles. The third-order valence-corrected chi connectivity index (χ3v) is 4.09. The second-order valence-electron chi connectivity index (χ2n) is 5.95. The number of carbonyl (C=O) groups excluding carboxylic acids is 1. The van der Waals surface area contributed by atoms with Gasteiger partial charge in [-0.25, -0.2) is 0 Å². The molecule has 2 rings (SSSR count). The van der Waals surface area contributed by atoms with Crippen molar-refractivity contribution in [2.24, 2.45) is 5.92 Å². The Labute approximate surface area is 116 Å². The molecule has 1 N–H and O–H groups in total. The van der Waals surface area contributed by atoms with Gasteiger partial charge in [-0.1, -0.05) is 57.4 Å². The molecule has 0 heterocycles. The average molecular weight is 259 g/mol. The Bertz CT molecular complexity index is 402. The highest BCUT2D eigenvalue weighted by Crippen LogP contribution is 2.23. The standard InChI is InChI=1S/C17H25NO/c1-13(2)15-10-8-14(9-11-15)12-18-17(19)16-6-4-3-5-7-16/h8-11,13,16H,3-7,12H2,1-2H3,(H,18,19). The van der Waals surface area contributed by atoms with Gasteiger partial charge in [-0.15, -0.1) is 0 Å². The van der Waals surface area contributed by atoms with Crippen LogP contribution in [0, 0.1) is 5.92 Å². The summed E-state index contributed by atoms with van der Waals surface area (Å²) in [5, 5.41) is 3.08. The van der Waals surface area contributed by atoms with E-state index in [1.165, 1.54) is 30.4 Å². The number of hydrogen-bond acceptors (Lipinski definition) is 1. The normalized spacial score (nSPS) is 16.6. The first kappa shape index (κ1) is 14.1. The van der Waals surface area contributed by atoms with Gasteiger partial charge in [0.05, 0.1) is 0 Å². The summed E-state index contributed by atoms with van der Waals surface area (Å²) < 4.78 is 0. The monoisotopic (exact) mass is 259 g/mol. The lowest BCUT2D eigenvalue weighted by Gasteiger charge is -2.20. The minimum atomic E-state index is 0.243. The summed E-state index contributed by atoms with van der Waals surface area (Å²) in [6.07, 6.45) is 5.85. The number of amides is 1. The van der Waals surface area contributed by atoms with Gasteiger partial charge in [-0.05, 0) is 29.9 Å². The number of rotatable bonds is 4. The van der Waals surface area contributed by atoms with Crippen LogP contribution in [0.3, 0.4) is 0 Å². The van der Waals surface area contributed by atoms with Crippen molar-refractivity contribution in [1.82, 2.24) is 5.32 Å². The molecule has 0 aromatic heterocycles. The zero-order chi connectivity index (χ0) is 13.7. The highest BCUT2D eigenvalue weighted by molar-refractivity contribution is 5.78. The van der Waals surface area contributed by atoms with Crippen molar-refractivity contribution >= 4 is 5.91 Å². The van der Waals surface area contributed by atoms with Crippen LogP contribution in [0.5, 0.6) is 0 Å². The Hall–Kier alpha value is -1.31. The van der Waals surface area contributed by atoms with Crippen LogP contribution in [0.25, 0.3) is 0 Å². The maximum absolute atomic E-state index is 12.0. The highest BCUT2D eigenvalue weighted by atomic mass is 16.1. The van der Waals surface area contributed by atoms with Gasteiger partial charge >= 0.3 is 0 Å². The Morgan fingerprint density at radius 3 is 2.37 bits per heavy atom. The van der Waals surface area contributed by atoms with Crippen molar-refractivity contribution < 1.29 is 4.79 Å². The molecule has 1 saturated carbocycles. The van der Waals surface area contributed by atoms with Crippen LogP contribution in [0.2, 0.25) is 0 Å². The van der Waals surface area contributed by atoms with Crippen LogP contribution in [-0.4, -0.2) is 5.91 Å². The van der Waals surface area contributed by atoms with Crippen LogP contribution < -0.4 is 5.32 Å². The minimum Gasteiger partial charge on any atom is -0.352 e. The lowest BCUT2D eigenvalue weighted by atomic mass is 9.88. The highest BCUT2D eigenvalue weighted by Gasteiger charge is 2.20. The second kappa shape index (κ2) is 6.74. The first-order chi connectivity index (χ1) is 9.16. The van der Waals surface area contributed by atoms with Gasteiger partial charge in [0.2, 0.25) is 5.91 Å². The Morgan fingerprint density at radius 2 is 1.79 bits per heavy atom. The van der Waals surface area contributed by atoms with Crippen LogP contribution in [0.4, 0.5) is 0 Å². The van der Waals surface area contributed by atoms with Gasteiger partial charge in [0.1, 0.15) is 0 Å². The molecule has 1 aromatic rings. The van der Waals surface area contributed by atoms with E-state index in [-0.39, 0.29) is 11.8 Å². The van der Waals surface area contributed by atoms with Crippen LogP contribution in [0.15, 0.2) is 24.3 Å². The Balaban J connectivity index is 1.82. The molecule has 1 amide bonds. The summed E-state index contributed by atoms with van der Waals surface area (Å²) in [7, 11) is 0. The predicted octanol–water partition coefficient (Wildman–Crippen LogP) is 4.01. The summed E-state index contributed by atoms with van der Waals surface area (Å²) >= 11 is 0. The molecular formula is C17H25NO. The van der Waals surface area contributed by atoms with Gasteiger partial charge in [0.25, 0.3) is 0 Å². The fourth-order valence-corrected chi connectivity index (χ4v) is 2.72. The van der Waals surface area contributed by atoms with E-state index in [1.54, 1.807) is 0 Å². The van der Waals surface area contributed by atoms with E-state index in [1.807, 2.05) is 0 Å². The zero-order valence-electron chi connectivity index (χ0n) is 12.1. The van der Waals surface area contributed by atoms with Gasteiger partial charge < -0.3 is 5.32 Å². The molecule has 2 nitrogen and oxygen atoms in total. The molecule has 1 aromatic carbocycles. The molecule has 1 aliphatic rings. The molecule has 0 spiro atoms. The molecule has 0 unspecified atom stereocenters. The molecule has 104 valence electrons. The van der Waals surface area contributed by atoms with Crippen molar-refractivity contribution in [1.29, 1.82) is 0 Å². The Morgan fingerprint density at radius 1 is 1.16 bits per heavy atom. The largest absolute Gasteiger partial charge is 0.352 e. The van der Waals surface area contributed by atoms with Crippen molar-refractivity contribution in [2.45, 2.75) is 58.4 Å². The summed E-state index contributed by atoms with van der Waals surface area (Å²) in [6.45, 7) is 5.05. The van der Waals surface area contributed by atoms with Gasteiger partial charge in [-0.3, -0.25) is 4.79 Å². The molecule has 2 heteroatoms. The van der Waals surface area contributed by atoms with Gasteiger partial charge in [-0.2, -0.15) is 0 Å². The van der Waals surface area contributed by atoms with Crippen molar-refractivity contribution in [3.8, 4) is 0 Å². The van der Waals surface area contributed by atoms with E-state index in [0.29, 0.717) is 12.5 Å².